The lowest BCUT2D eigenvalue weighted by molar-refractivity contribution is -0.119. The highest BCUT2D eigenvalue weighted by Gasteiger charge is 2.15. The topological polar surface area (TPSA) is 59.3 Å². The van der Waals surface area contributed by atoms with Gasteiger partial charge in [-0.15, -0.1) is 21.5 Å². The van der Waals surface area contributed by atoms with Gasteiger partial charge in [-0.2, -0.15) is 0 Å². The highest BCUT2D eigenvalue weighted by Crippen LogP contribution is 2.26. The Morgan fingerprint density at radius 3 is 2.96 bits per heavy atom. The maximum absolute atomic E-state index is 12.2. The van der Waals surface area contributed by atoms with E-state index in [-0.39, 0.29) is 11.9 Å². The molecule has 5 nitrogen and oxygen atoms in total. The molecular weight excluding hydrogens is 328 g/mol. The van der Waals surface area contributed by atoms with Crippen LogP contribution in [0.15, 0.2) is 35.6 Å². The van der Waals surface area contributed by atoms with E-state index in [9.17, 15) is 4.79 Å². The van der Waals surface area contributed by atoms with Gasteiger partial charge in [0, 0.05) is 16.0 Å². The number of carbonyl (C=O) groups is 1. The lowest BCUT2D eigenvalue weighted by atomic mass is 10.1. The Labute approximate surface area is 143 Å². The van der Waals surface area contributed by atoms with Crippen LogP contribution in [-0.4, -0.2) is 26.3 Å². The van der Waals surface area contributed by atoms with Gasteiger partial charge in [0.05, 0.1) is 11.8 Å². The Kier molecular flexibility index (Phi) is 4.68. The maximum atomic E-state index is 12.2. The molecule has 1 amide bonds. The molecule has 3 heterocycles. The van der Waals surface area contributed by atoms with Crippen molar-refractivity contribution >= 4 is 34.7 Å². The third-order valence-electron chi connectivity index (χ3n) is 3.54. The molecule has 0 aliphatic carbocycles. The van der Waals surface area contributed by atoms with E-state index < -0.39 is 0 Å². The summed E-state index contributed by atoms with van der Waals surface area (Å²) in [5.74, 6) is 0.320. The zero-order valence-electron chi connectivity index (χ0n) is 13.2. The van der Waals surface area contributed by atoms with Crippen molar-refractivity contribution in [3.63, 3.8) is 0 Å². The lowest BCUT2D eigenvalue weighted by Gasteiger charge is -2.13. The molecular formula is C16H18N4OS2. The molecule has 3 aromatic heterocycles. The molecule has 0 aliphatic heterocycles. The summed E-state index contributed by atoms with van der Waals surface area (Å²) in [6.07, 6.45) is 1.90. The number of aromatic nitrogens is 3. The fourth-order valence-electron chi connectivity index (χ4n) is 2.49. The van der Waals surface area contributed by atoms with Crippen LogP contribution in [0.2, 0.25) is 0 Å². The summed E-state index contributed by atoms with van der Waals surface area (Å²) in [4.78, 5) is 14.7. The van der Waals surface area contributed by atoms with Gasteiger partial charge < -0.3 is 5.32 Å². The van der Waals surface area contributed by atoms with Crippen LogP contribution in [0, 0.1) is 13.8 Å². The first-order valence-corrected chi connectivity index (χ1v) is 9.13. The summed E-state index contributed by atoms with van der Waals surface area (Å²) in [5, 5.41) is 12.0. The molecule has 0 bridgehead atoms. The number of nitrogens with one attached hydrogen (secondary N) is 1. The average molecular weight is 346 g/mol. The summed E-state index contributed by atoms with van der Waals surface area (Å²) < 4.78 is 1.88. The van der Waals surface area contributed by atoms with Gasteiger partial charge in [0.1, 0.15) is 0 Å². The van der Waals surface area contributed by atoms with Crippen LogP contribution >= 0.6 is 23.1 Å². The number of thioether (sulfide) groups is 1. The van der Waals surface area contributed by atoms with Crippen molar-refractivity contribution in [1.82, 2.24) is 19.9 Å². The number of hydrogen-bond donors (Lipinski definition) is 1. The summed E-state index contributed by atoms with van der Waals surface area (Å²) in [6, 6.07) is 7.89. The van der Waals surface area contributed by atoms with Crippen LogP contribution in [0.1, 0.15) is 28.3 Å². The molecule has 0 unspecified atom stereocenters. The lowest BCUT2D eigenvalue weighted by Crippen LogP contribution is -2.28. The Bertz CT molecular complexity index is 840. The maximum Gasteiger partial charge on any atom is 0.230 e. The van der Waals surface area contributed by atoms with Gasteiger partial charge in [0.25, 0.3) is 0 Å². The summed E-state index contributed by atoms with van der Waals surface area (Å²) in [5.41, 5.74) is 1.98. The van der Waals surface area contributed by atoms with E-state index in [2.05, 4.69) is 35.4 Å². The molecule has 0 saturated heterocycles. The van der Waals surface area contributed by atoms with E-state index in [1.54, 1.807) is 11.3 Å². The van der Waals surface area contributed by atoms with Gasteiger partial charge in [-0.25, -0.2) is 0 Å². The van der Waals surface area contributed by atoms with Crippen LogP contribution in [0.25, 0.3) is 5.65 Å². The first-order chi connectivity index (χ1) is 11.0. The van der Waals surface area contributed by atoms with Crippen molar-refractivity contribution in [3.05, 3.63) is 45.8 Å². The fourth-order valence-corrected chi connectivity index (χ4v) is 4.25. The van der Waals surface area contributed by atoms with Gasteiger partial charge in [-0.3, -0.25) is 9.20 Å². The van der Waals surface area contributed by atoms with Gasteiger partial charge in [0.2, 0.25) is 5.91 Å². The second kappa shape index (κ2) is 6.72. The minimum absolute atomic E-state index is 0.00145. The molecule has 0 radical (unpaired) electrons. The highest BCUT2D eigenvalue weighted by atomic mass is 32.2. The monoisotopic (exact) mass is 346 g/mol. The van der Waals surface area contributed by atoms with Crippen LogP contribution in [-0.2, 0) is 4.79 Å². The smallest absolute Gasteiger partial charge is 0.230 e. The Morgan fingerprint density at radius 1 is 1.39 bits per heavy atom. The summed E-state index contributed by atoms with van der Waals surface area (Å²) in [6.45, 7) is 6.19. The number of hydrogen-bond acceptors (Lipinski definition) is 5. The van der Waals surface area contributed by atoms with Crippen LogP contribution < -0.4 is 5.32 Å². The number of carbonyl (C=O) groups excluding carboxylic acids is 1. The number of rotatable bonds is 5. The molecule has 120 valence electrons. The summed E-state index contributed by atoms with van der Waals surface area (Å²) in [7, 11) is 0. The van der Waals surface area contributed by atoms with Gasteiger partial charge in [-0.05, 0) is 44.5 Å². The molecule has 0 aromatic carbocycles. The number of fused-ring (bicyclic) bond motifs is 1. The van der Waals surface area contributed by atoms with Crippen LogP contribution in [0.4, 0.5) is 0 Å². The van der Waals surface area contributed by atoms with Crippen molar-refractivity contribution in [1.29, 1.82) is 0 Å². The van der Waals surface area contributed by atoms with Crippen molar-refractivity contribution in [3.8, 4) is 0 Å². The van der Waals surface area contributed by atoms with E-state index in [0.717, 1.165) is 10.8 Å². The molecule has 0 saturated carbocycles. The van der Waals surface area contributed by atoms with E-state index in [0.29, 0.717) is 5.75 Å². The molecule has 0 fully saturated rings. The molecule has 1 atom stereocenters. The van der Waals surface area contributed by atoms with E-state index in [4.69, 9.17) is 0 Å². The van der Waals surface area contributed by atoms with E-state index >= 15 is 0 Å². The van der Waals surface area contributed by atoms with Crippen molar-refractivity contribution < 1.29 is 4.79 Å². The van der Waals surface area contributed by atoms with Crippen molar-refractivity contribution in [2.75, 3.05) is 5.75 Å². The van der Waals surface area contributed by atoms with Gasteiger partial charge in [-0.1, -0.05) is 17.8 Å². The largest absolute Gasteiger partial charge is 0.349 e. The second-order valence-corrected chi connectivity index (χ2v) is 7.76. The average Bonchev–Trinajstić information content (AvgIpc) is 3.08. The predicted octanol–water partition coefficient (Wildman–Crippen LogP) is 3.38. The van der Waals surface area contributed by atoms with E-state index in [1.165, 1.54) is 27.1 Å². The first kappa shape index (κ1) is 16.0. The summed E-state index contributed by atoms with van der Waals surface area (Å²) >= 11 is 3.15. The first-order valence-electron chi connectivity index (χ1n) is 7.33. The molecule has 7 heteroatoms. The number of amides is 1. The molecule has 0 spiro atoms. The molecule has 23 heavy (non-hydrogen) atoms. The van der Waals surface area contributed by atoms with Gasteiger partial charge in [0.15, 0.2) is 10.8 Å². The number of aryl methyl sites for hydroxylation is 2. The van der Waals surface area contributed by atoms with Crippen molar-refractivity contribution in [2.24, 2.45) is 0 Å². The van der Waals surface area contributed by atoms with Crippen LogP contribution in [0.5, 0.6) is 0 Å². The third kappa shape index (κ3) is 3.56. The fraction of sp³-hybridized carbons (Fsp3) is 0.312. The molecule has 3 rings (SSSR count). The SMILES string of the molecule is Cc1cc([C@@H](C)NC(=O)CSc2nnc3ccccn23)c(C)s1. The Balaban J connectivity index is 1.60. The van der Waals surface area contributed by atoms with Gasteiger partial charge >= 0.3 is 0 Å². The zero-order valence-corrected chi connectivity index (χ0v) is 14.9. The quantitative estimate of drug-likeness (QED) is 0.720. The highest BCUT2D eigenvalue weighted by molar-refractivity contribution is 7.99. The van der Waals surface area contributed by atoms with Crippen LogP contribution in [0.3, 0.4) is 0 Å². The normalized spacial score (nSPS) is 12.5. The minimum Gasteiger partial charge on any atom is -0.349 e. The standard InChI is InChI=1S/C16H18N4OS2/c1-10-8-13(12(3)23-10)11(2)17-15(21)9-22-16-19-18-14-6-4-5-7-20(14)16/h4-8,11H,9H2,1-3H3,(H,17,21)/t11-/m1/s1. The Hall–Kier alpha value is -1.86. The third-order valence-corrected chi connectivity index (χ3v) is 5.46. The minimum atomic E-state index is -0.00145. The van der Waals surface area contributed by atoms with E-state index in [1.807, 2.05) is 35.7 Å². The number of nitrogens with zero attached hydrogens (tertiary/aromatic N) is 3. The second-order valence-electron chi connectivity index (χ2n) is 5.36. The predicted molar refractivity (Wildman–Crippen MR) is 94.1 cm³/mol. The van der Waals surface area contributed by atoms with Crippen molar-refractivity contribution in [2.45, 2.75) is 32.0 Å². The number of pyridine rings is 1. The number of thiophene rings is 1. The zero-order chi connectivity index (χ0) is 16.4. The molecule has 0 aliphatic rings. The molecule has 3 aromatic rings. The molecule has 1 N–H and O–H groups in total. The Morgan fingerprint density at radius 2 is 2.22 bits per heavy atom.